The molecule has 0 saturated carbocycles. The second-order valence-electron chi connectivity index (χ2n) is 7.38. The highest BCUT2D eigenvalue weighted by molar-refractivity contribution is 7.89. The number of fused-ring (bicyclic) bond motifs is 1. The third-order valence-electron chi connectivity index (χ3n) is 5.37. The van der Waals surface area contributed by atoms with Crippen LogP contribution in [0.25, 0.3) is 6.08 Å². The molecular weight excluding hydrogens is 438 g/mol. The van der Waals surface area contributed by atoms with Crippen molar-refractivity contribution in [2.75, 3.05) is 33.0 Å². The van der Waals surface area contributed by atoms with Crippen molar-refractivity contribution >= 4 is 27.7 Å². The van der Waals surface area contributed by atoms with Crippen LogP contribution in [0.4, 0.5) is 5.69 Å². The van der Waals surface area contributed by atoms with E-state index in [1.165, 1.54) is 22.5 Å². The molecule has 32 heavy (non-hydrogen) atoms. The number of carbonyl (C=O) groups is 1. The molecule has 1 amide bonds. The number of hydrogen-bond acceptors (Lipinski definition) is 7. The molecule has 0 spiro atoms. The second kappa shape index (κ2) is 8.60. The van der Waals surface area contributed by atoms with Crippen LogP contribution in [-0.2, 0) is 14.8 Å². The van der Waals surface area contributed by atoms with Gasteiger partial charge in [-0.25, -0.2) is 8.42 Å². The number of sulfonamides is 1. The summed E-state index contributed by atoms with van der Waals surface area (Å²) < 4.78 is 37.9. The number of piperazine rings is 1. The molecule has 2 aromatic rings. The lowest BCUT2D eigenvalue weighted by Gasteiger charge is -2.33. The second-order valence-corrected chi connectivity index (χ2v) is 9.29. The molecule has 2 aliphatic rings. The molecule has 0 N–H and O–H groups in total. The van der Waals surface area contributed by atoms with E-state index in [2.05, 4.69) is 0 Å². The number of rotatable bonds is 5. The Kier molecular flexibility index (Phi) is 5.85. The Balaban J connectivity index is 1.41. The third kappa shape index (κ3) is 4.30. The predicted molar refractivity (Wildman–Crippen MR) is 115 cm³/mol. The van der Waals surface area contributed by atoms with Crippen LogP contribution in [0.1, 0.15) is 11.1 Å². The summed E-state index contributed by atoms with van der Waals surface area (Å²) in [5.74, 6) is 1.05. The zero-order valence-corrected chi connectivity index (χ0v) is 18.1. The minimum atomic E-state index is -3.91. The van der Waals surface area contributed by atoms with Crippen LogP contribution >= 0.6 is 0 Å². The molecule has 4 rings (SSSR count). The van der Waals surface area contributed by atoms with Gasteiger partial charge in [0, 0.05) is 44.4 Å². The summed E-state index contributed by atoms with van der Waals surface area (Å²) in [5, 5.41) is 11.0. The molecule has 0 aliphatic carbocycles. The fourth-order valence-electron chi connectivity index (χ4n) is 3.56. The summed E-state index contributed by atoms with van der Waals surface area (Å²) in [5.41, 5.74) is 0.933. The first kappa shape index (κ1) is 21.8. The molecule has 168 valence electrons. The molecule has 0 aromatic heterocycles. The quantitative estimate of drug-likeness (QED) is 0.382. The predicted octanol–water partition coefficient (Wildman–Crippen LogP) is 2.18. The van der Waals surface area contributed by atoms with Crippen LogP contribution in [0.15, 0.2) is 47.4 Å². The maximum Gasteiger partial charge on any atom is 0.270 e. The molecule has 2 aromatic carbocycles. The van der Waals surface area contributed by atoms with Crippen LogP contribution in [0.3, 0.4) is 0 Å². The van der Waals surface area contributed by atoms with Gasteiger partial charge >= 0.3 is 0 Å². The zero-order chi connectivity index (χ0) is 22.9. The lowest BCUT2D eigenvalue weighted by atomic mass is 10.2. The summed E-state index contributed by atoms with van der Waals surface area (Å²) in [7, 11) is -3.91. The van der Waals surface area contributed by atoms with Gasteiger partial charge in [0.25, 0.3) is 5.69 Å². The van der Waals surface area contributed by atoms with E-state index in [4.69, 9.17) is 9.47 Å². The number of benzene rings is 2. The van der Waals surface area contributed by atoms with Crippen molar-refractivity contribution in [3.8, 4) is 11.5 Å². The van der Waals surface area contributed by atoms with Gasteiger partial charge < -0.3 is 14.4 Å². The number of ether oxygens (including phenoxy) is 2. The number of non-ortho nitro benzene ring substituents is 1. The number of hydrogen-bond donors (Lipinski definition) is 0. The molecule has 1 saturated heterocycles. The normalized spacial score (nSPS) is 16.5. The molecule has 0 bridgehead atoms. The lowest BCUT2D eigenvalue weighted by Crippen LogP contribution is -2.50. The summed E-state index contributed by atoms with van der Waals surface area (Å²) in [6, 6.07) is 9.13. The van der Waals surface area contributed by atoms with E-state index >= 15 is 0 Å². The highest BCUT2D eigenvalue weighted by Crippen LogP contribution is 2.33. The maximum atomic E-state index is 13.0. The number of nitrogens with zero attached hydrogens (tertiary/aromatic N) is 3. The van der Waals surface area contributed by atoms with E-state index in [0.717, 1.165) is 11.6 Å². The Labute approximate surface area is 184 Å². The van der Waals surface area contributed by atoms with Crippen molar-refractivity contribution in [2.24, 2.45) is 0 Å². The molecule has 11 heteroatoms. The van der Waals surface area contributed by atoms with E-state index in [9.17, 15) is 23.3 Å². The molecule has 0 atom stereocenters. The van der Waals surface area contributed by atoms with Crippen LogP contribution in [0.2, 0.25) is 0 Å². The highest BCUT2D eigenvalue weighted by Gasteiger charge is 2.31. The molecule has 10 nitrogen and oxygen atoms in total. The van der Waals surface area contributed by atoms with Crippen molar-refractivity contribution in [1.29, 1.82) is 0 Å². The Bertz CT molecular complexity index is 1200. The Morgan fingerprint density at radius 3 is 2.50 bits per heavy atom. The Morgan fingerprint density at radius 1 is 1.06 bits per heavy atom. The number of amides is 1. The Hall–Kier alpha value is -3.44. The van der Waals surface area contributed by atoms with E-state index < -0.39 is 14.9 Å². The van der Waals surface area contributed by atoms with Gasteiger partial charge in [-0.3, -0.25) is 14.9 Å². The van der Waals surface area contributed by atoms with Gasteiger partial charge in [0.05, 0.1) is 9.82 Å². The first-order valence-corrected chi connectivity index (χ1v) is 11.3. The van der Waals surface area contributed by atoms with Gasteiger partial charge in [0.15, 0.2) is 11.5 Å². The molecule has 0 unspecified atom stereocenters. The minimum Gasteiger partial charge on any atom is -0.454 e. The SMILES string of the molecule is Cc1ccc([N+](=O)[O-])cc1S(=O)(=O)N1CCN(C(=O)/C=C/c2ccc3c(c2)OCO3)CC1. The van der Waals surface area contributed by atoms with Crippen molar-refractivity contribution in [3.05, 3.63) is 63.7 Å². The summed E-state index contributed by atoms with van der Waals surface area (Å²) >= 11 is 0. The van der Waals surface area contributed by atoms with E-state index in [-0.39, 0.29) is 49.5 Å². The minimum absolute atomic E-state index is 0.0887. The number of nitro groups is 1. The van der Waals surface area contributed by atoms with Gasteiger partial charge in [-0.1, -0.05) is 12.1 Å². The molecular formula is C21H21N3O7S. The molecule has 2 aliphatic heterocycles. The fraction of sp³-hybridized carbons (Fsp3) is 0.286. The topological polar surface area (TPSA) is 119 Å². The number of carbonyl (C=O) groups excluding carboxylic acids is 1. The first-order chi connectivity index (χ1) is 15.3. The zero-order valence-electron chi connectivity index (χ0n) is 17.3. The lowest BCUT2D eigenvalue weighted by molar-refractivity contribution is -0.385. The van der Waals surface area contributed by atoms with Crippen molar-refractivity contribution in [3.63, 3.8) is 0 Å². The number of nitro benzene ring substituents is 1. The largest absolute Gasteiger partial charge is 0.454 e. The van der Waals surface area contributed by atoms with Crippen molar-refractivity contribution in [2.45, 2.75) is 11.8 Å². The van der Waals surface area contributed by atoms with Gasteiger partial charge in [-0.2, -0.15) is 4.31 Å². The summed E-state index contributed by atoms with van der Waals surface area (Å²) in [4.78, 5) is 24.4. The first-order valence-electron chi connectivity index (χ1n) is 9.87. The maximum absolute atomic E-state index is 13.0. The third-order valence-corrected chi connectivity index (χ3v) is 7.41. The average Bonchev–Trinajstić information content (AvgIpc) is 3.25. The molecule has 2 heterocycles. The van der Waals surface area contributed by atoms with E-state index in [1.54, 1.807) is 30.0 Å². The average molecular weight is 459 g/mol. The summed E-state index contributed by atoms with van der Waals surface area (Å²) in [6.07, 6.45) is 3.10. The fourth-order valence-corrected chi connectivity index (χ4v) is 5.22. The highest BCUT2D eigenvalue weighted by atomic mass is 32.2. The van der Waals surface area contributed by atoms with Crippen LogP contribution in [0, 0.1) is 17.0 Å². The van der Waals surface area contributed by atoms with Gasteiger partial charge in [-0.15, -0.1) is 0 Å². The Morgan fingerprint density at radius 2 is 1.78 bits per heavy atom. The molecule has 1 fully saturated rings. The van der Waals surface area contributed by atoms with Crippen LogP contribution in [-0.4, -0.2) is 61.4 Å². The van der Waals surface area contributed by atoms with E-state index in [0.29, 0.717) is 17.1 Å². The van der Waals surface area contributed by atoms with Crippen molar-refractivity contribution < 1.29 is 27.6 Å². The van der Waals surface area contributed by atoms with Crippen LogP contribution < -0.4 is 9.47 Å². The van der Waals surface area contributed by atoms with Crippen molar-refractivity contribution in [1.82, 2.24) is 9.21 Å². The monoisotopic (exact) mass is 459 g/mol. The number of aryl methyl sites for hydroxylation is 1. The van der Waals surface area contributed by atoms with Gasteiger partial charge in [0.2, 0.25) is 22.7 Å². The summed E-state index contributed by atoms with van der Waals surface area (Å²) in [6.45, 7) is 2.42. The smallest absolute Gasteiger partial charge is 0.270 e. The van der Waals surface area contributed by atoms with Crippen LogP contribution in [0.5, 0.6) is 11.5 Å². The van der Waals surface area contributed by atoms with Gasteiger partial charge in [-0.05, 0) is 36.3 Å². The molecule has 0 radical (unpaired) electrons. The van der Waals surface area contributed by atoms with Gasteiger partial charge in [0.1, 0.15) is 0 Å². The standard InChI is InChI=1S/C21H21N3O7S/c1-15-2-5-17(24(26)27)13-20(15)32(28,29)23-10-8-22(9-11-23)21(25)7-4-16-3-6-18-19(12-16)31-14-30-18/h2-7,12-13H,8-11,14H2,1H3/b7-4+. The van der Waals surface area contributed by atoms with E-state index in [1.807, 2.05) is 6.07 Å².